The van der Waals surface area contributed by atoms with Crippen LogP contribution < -0.4 is 10.9 Å². The predicted molar refractivity (Wildman–Crippen MR) is 109 cm³/mol. The Morgan fingerprint density at radius 2 is 1.71 bits per heavy atom. The summed E-state index contributed by atoms with van der Waals surface area (Å²) in [7, 11) is 1.73. The molecule has 7 nitrogen and oxygen atoms in total. The molecule has 28 heavy (non-hydrogen) atoms. The van der Waals surface area contributed by atoms with Gasteiger partial charge in [-0.05, 0) is 47.1 Å². The van der Waals surface area contributed by atoms with Crippen LogP contribution in [0.1, 0.15) is 16.1 Å². The maximum atomic E-state index is 12.8. The van der Waals surface area contributed by atoms with Crippen molar-refractivity contribution >= 4 is 33.5 Å². The first-order valence-electron chi connectivity index (χ1n) is 8.45. The van der Waals surface area contributed by atoms with Crippen molar-refractivity contribution in [3.05, 3.63) is 80.7 Å². The largest absolute Gasteiger partial charge is 0.452 e. The Balaban J connectivity index is 1.74. The number of ether oxygens (including phenoxy) is 1. The Morgan fingerprint density at radius 1 is 1.07 bits per heavy atom. The van der Waals surface area contributed by atoms with Gasteiger partial charge in [-0.3, -0.25) is 14.3 Å². The van der Waals surface area contributed by atoms with Crippen LogP contribution in [-0.4, -0.2) is 27.8 Å². The van der Waals surface area contributed by atoms with E-state index >= 15 is 0 Å². The van der Waals surface area contributed by atoms with E-state index in [1.54, 1.807) is 55.1 Å². The van der Waals surface area contributed by atoms with Crippen LogP contribution in [0.3, 0.4) is 0 Å². The normalized spacial score (nSPS) is 10.5. The summed E-state index contributed by atoms with van der Waals surface area (Å²) in [4.78, 5) is 37.1. The molecule has 0 aliphatic rings. The van der Waals surface area contributed by atoms with Gasteiger partial charge in [0, 0.05) is 11.5 Å². The monoisotopic (exact) mass is 443 g/mol. The summed E-state index contributed by atoms with van der Waals surface area (Å²) in [6.07, 6.45) is 0. The highest BCUT2D eigenvalue weighted by molar-refractivity contribution is 9.10. The van der Waals surface area contributed by atoms with E-state index in [2.05, 4.69) is 21.2 Å². The Kier molecular flexibility index (Phi) is 5.79. The van der Waals surface area contributed by atoms with Crippen LogP contribution in [0.2, 0.25) is 0 Å². The summed E-state index contributed by atoms with van der Waals surface area (Å²) >= 11 is 3.26. The van der Waals surface area contributed by atoms with Gasteiger partial charge in [-0.2, -0.15) is 0 Å². The SMILES string of the molecule is Cc1c(NC(=O)COC(=O)c2ccccc2Br)c(=O)n(-c2ccccc2)n1C. The maximum absolute atomic E-state index is 12.8. The number of nitrogens with zero attached hydrogens (tertiary/aromatic N) is 2. The van der Waals surface area contributed by atoms with Crippen LogP contribution in [0.25, 0.3) is 5.69 Å². The van der Waals surface area contributed by atoms with Crippen molar-refractivity contribution in [3.8, 4) is 5.69 Å². The van der Waals surface area contributed by atoms with E-state index in [0.717, 1.165) is 0 Å². The molecule has 0 saturated heterocycles. The number of halogens is 1. The Hall–Kier alpha value is -3.13. The van der Waals surface area contributed by atoms with Crippen LogP contribution in [0.5, 0.6) is 0 Å². The molecule has 0 bridgehead atoms. The van der Waals surface area contributed by atoms with E-state index < -0.39 is 18.5 Å². The molecule has 0 fully saturated rings. The molecule has 0 radical (unpaired) electrons. The third-order valence-electron chi connectivity index (χ3n) is 4.25. The van der Waals surface area contributed by atoms with Crippen molar-refractivity contribution in [1.29, 1.82) is 0 Å². The molecule has 1 amide bonds. The fourth-order valence-corrected chi connectivity index (χ4v) is 3.17. The summed E-state index contributed by atoms with van der Waals surface area (Å²) in [5, 5.41) is 2.55. The molecule has 0 aliphatic heterocycles. The van der Waals surface area contributed by atoms with Gasteiger partial charge in [0.2, 0.25) is 0 Å². The lowest BCUT2D eigenvalue weighted by Crippen LogP contribution is -2.25. The average Bonchev–Trinajstić information content (AvgIpc) is 2.90. The van der Waals surface area contributed by atoms with Crippen LogP contribution >= 0.6 is 15.9 Å². The minimum Gasteiger partial charge on any atom is -0.452 e. The number of esters is 1. The number of hydrogen-bond donors (Lipinski definition) is 1. The van der Waals surface area contributed by atoms with Gasteiger partial charge in [-0.1, -0.05) is 30.3 Å². The Bertz CT molecular complexity index is 1090. The van der Waals surface area contributed by atoms with Crippen molar-refractivity contribution in [2.45, 2.75) is 6.92 Å². The molecule has 144 valence electrons. The lowest BCUT2D eigenvalue weighted by Gasteiger charge is -2.07. The van der Waals surface area contributed by atoms with Gasteiger partial charge in [0.15, 0.2) is 6.61 Å². The first kappa shape index (κ1) is 19.6. The van der Waals surface area contributed by atoms with Crippen LogP contribution in [0, 0.1) is 6.92 Å². The van der Waals surface area contributed by atoms with E-state index in [0.29, 0.717) is 21.4 Å². The molecule has 8 heteroatoms. The van der Waals surface area contributed by atoms with Crippen LogP contribution in [0.15, 0.2) is 63.9 Å². The second kappa shape index (κ2) is 8.26. The maximum Gasteiger partial charge on any atom is 0.339 e. The fraction of sp³-hybridized carbons (Fsp3) is 0.150. The molecule has 0 saturated carbocycles. The lowest BCUT2D eigenvalue weighted by molar-refractivity contribution is -0.119. The minimum atomic E-state index is -0.630. The number of carbonyl (C=O) groups excluding carboxylic acids is 2. The molecule has 1 N–H and O–H groups in total. The molecule has 1 aromatic heterocycles. The standard InChI is InChI=1S/C20H18BrN3O4/c1-13-18(19(26)24(23(13)2)14-8-4-3-5-9-14)22-17(25)12-28-20(27)15-10-6-7-11-16(15)21/h3-11H,12H2,1-2H3,(H,22,25). The number of anilines is 1. The number of carbonyl (C=O) groups is 2. The fourth-order valence-electron chi connectivity index (χ4n) is 2.72. The van der Waals surface area contributed by atoms with Crippen molar-refractivity contribution in [2.75, 3.05) is 11.9 Å². The Labute approximate surface area is 169 Å². The molecule has 2 aromatic carbocycles. The van der Waals surface area contributed by atoms with E-state index in [1.165, 1.54) is 4.68 Å². The van der Waals surface area contributed by atoms with Gasteiger partial charge in [0.05, 0.1) is 16.9 Å². The number of amides is 1. The van der Waals surface area contributed by atoms with Crippen LogP contribution in [-0.2, 0) is 16.6 Å². The van der Waals surface area contributed by atoms with E-state index in [-0.39, 0.29) is 11.2 Å². The van der Waals surface area contributed by atoms with E-state index in [1.807, 2.05) is 18.2 Å². The smallest absolute Gasteiger partial charge is 0.339 e. The summed E-state index contributed by atoms with van der Waals surface area (Å²) in [6.45, 7) is 1.23. The molecule has 0 aliphatic carbocycles. The third kappa shape index (κ3) is 3.91. The number of nitrogens with one attached hydrogen (secondary N) is 1. The number of para-hydroxylation sites is 1. The molecule has 0 unspecified atom stereocenters. The van der Waals surface area contributed by atoms with Crippen LogP contribution in [0.4, 0.5) is 5.69 Å². The highest BCUT2D eigenvalue weighted by Crippen LogP contribution is 2.17. The highest BCUT2D eigenvalue weighted by Gasteiger charge is 2.19. The molecular weight excluding hydrogens is 426 g/mol. The number of aromatic nitrogens is 2. The summed E-state index contributed by atoms with van der Waals surface area (Å²) in [5.74, 6) is -1.22. The zero-order valence-corrected chi connectivity index (χ0v) is 16.9. The van der Waals surface area contributed by atoms with Crippen molar-refractivity contribution in [2.24, 2.45) is 7.05 Å². The summed E-state index contributed by atoms with van der Waals surface area (Å²) in [5.41, 5.74) is 1.36. The molecule has 1 heterocycles. The van der Waals surface area contributed by atoms with Gasteiger partial charge < -0.3 is 10.1 Å². The third-order valence-corrected chi connectivity index (χ3v) is 4.94. The lowest BCUT2D eigenvalue weighted by atomic mass is 10.2. The highest BCUT2D eigenvalue weighted by atomic mass is 79.9. The summed E-state index contributed by atoms with van der Waals surface area (Å²) in [6, 6.07) is 15.8. The predicted octanol–water partition coefficient (Wildman–Crippen LogP) is 3.04. The van der Waals surface area contributed by atoms with Gasteiger partial charge in [-0.25, -0.2) is 9.48 Å². The van der Waals surface area contributed by atoms with Gasteiger partial charge in [0.1, 0.15) is 5.69 Å². The van der Waals surface area contributed by atoms with Crippen molar-refractivity contribution < 1.29 is 14.3 Å². The molecule has 0 atom stereocenters. The number of rotatable bonds is 5. The topological polar surface area (TPSA) is 82.3 Å². The van der Waals surface area contributed by atoms with Crippen molar-refractivity contribution in [1.82, 2.24) is 9.36 Å². The van der Waals surface area contributed by atoms with E-state index in [9.17, 15) is 14.4 Å². The Morgan fingerprint density at radius 3 is 2.39 bits per heavy atom. The average molecular weight is 444 g/mol. The second-order valence-corrected chi connectivity index (χ2v) is 6.90. The minimum absolute atomic E-state index is 0.147. The van der Waals surface area contributed by atoms with Gasteiger partial charge in [-0.15, -0.1) is 0 Å². The first-order chi connectivity index (χ1) is 13.4. The second-order valence-electron chi connectivity index (χ2n) is 6.04. The quantitative estimate of drug-likeness (QED) is 0.614. The van der Waals surface area contributed by atoms with Gasteiger partial charge in [0.25, 0.3) is 11.5 Å². The first-order valence-corrected chi connectivity index (χ1v) is 9.25. The molecular formula is C20H18BrN3O4. The summed E-state index contributed by atoms with van der Waals surface area (Å²) < 4.78 is 8.73. The zero-order valence-electron chi connectivity index (χ0n) is 15.3. The van der Waals surface area contributed by atoms with Crippen molar-refractivity contribution in [3.63, 3.8) is 0 Å². The molecule has 3 rings (SSSR count). The zero-order chi connectivity index (χ0) is 20.3. The van der Waals surface area contributed by atoms with Gasteiger partial charge >= 0.3 is 5.97 Å². The number of benzene rings is 2. The number of hydrogen-bond acceptors (Lipinski definition) is 4. The molecule has 3 aromatic rings. The molecule has 0 spiro atoms. The van der Waals surface area contributed by atoms with E-state index in [4.69, 9.17) is 4.74 Å².